The van der Waals surface area contributed by atoms with Crippen LogP contribution in [0.5, 0.6) is 0 Å². The van der Waals surface area contributed by atoms with E-state index in [1.807, 2.05) is 0 Å². The minimum atomic E-state index is -3.64. The molecule has 2 rings (SSSR count). The molecule has 19 heavy (non-hydrogen) atoms. The zero-order valence-corrected chi connectivity index (χ0v) is 10.9. The monoisotopic (exact) mass is 279 g/mol. The minimum Gasteiger partial charge on any atom is -0.324 e. The molecular weight excluding hydrogens is 266 g/mol. The second kappa shape index (κ2) is 5.38. The molecule has 0 aromatic heterocycles. The van der Waals surface area contributed by atoms with Gasteiger partial charge in [0, 0.05) is 6.04 Å². The van der Waals surface area contributed by atoms with Crippen LogP contribution in [0.4, 0.5) is 5.69 Å². The second-order valence-electron chi connectivity index (χ2n) is 4.27. The Hall–Kier alpha value is -1.91. The Kier molecular flexibility index (Phi) is 3.83. The van der Waals surface area contributed by atoms with Crippen LogP contribution in [0.1, 0.15) is 19.3 Å². The van der Waals surface area contributed by atoms with Gasteiger partial charge in [-0.05, 0) is 25.0 Å². The Bertz CT molecular complexity index is 630. The number of nitrogens with one attached hydrogen (secondary N) is 2. The van der Waals surface area contributed by atoms with E-state index in [4.69, 9.17) is 5.26 Å². The number of amides is 1. The van der Waals surface area contributed by atoms with Crippen molar-refractivity contribution in [2.24, 2.45) is 0 Å². The molecule has 2 N–H and O–H groups in total. The number of hydrogen-bond acceptors (Lipinski definition) is 4. The molecule has 100 valence electrons. The SMILES string of the molecule is N#CCC(=O)Nc1ccccc1S(=O)(=O)NC1CC1. The normalized spacial score (nSPS) is 14.7. The lowest BCUT2D eigenvalue weighted by Crippen LogP contribution is -2.27. The van der Waals surface area contributed by atoms with Crippen LogP contribution in [-0.2, 0) is 14.8 Å². The molecule has 7 heteroatoms. The summed E-state index contributed by atoms with van der Waals surface area (Å²) in [6.07, 6.45) is 1.36. The summed E-state index contributed by atoms with van der Waals surface area (Å²) in [6, 6.07) is 7.83. The smallest absolute Gasteiger partial charge is 0.242 e. The van der Waals surface area contributed by atoms with Gasteiger partial charge >= 0.3 is 0 Å². The zero-order chi connectivity index (χ0) is 13.9. The fourth-order valence-corrected chi connectivity index (χ4v) is 3.02. The summed E-state index contributed by atoms with van der Waals surface area (Å²) < 4.78 is 26.8. The van der Waals surface area contributed by atoms with Crippen molar-refractivity contribution in [3.05, 3.63) is 24.3 Å². The molecular formula is C12H13N3O3S. The number of rotatable bonds is 5. The van der Waals surface area contributed by atoms with E-state index < -0.39 is 15.9 Å². The Morgan fingerprint density at radius 2 is 2.05 bits per heavy atom. The first-order valence-electron chi connectivity index (χ1n) is 5.81. The lowest BCUT2D eigenvalue weighted by molar-refractivity contribution is -0.115. The Morgan fingerprint density at radius 3 is 2.68 bits per heavy atom. The van der Waals surface area contributed by atoms with Gasteiger partial charge in [-0.25, -0.2) is 13.1 Å². The van der Waals surface area contributed by atoms with Crippen LogP contribution in [0.3, 0.4) is 0 Å². The maximum Gasteiger partial charge on any atom is 0.242 e. The molecule has 0 bridgehead atoms. The highest BCUT2D eigenvalue weighted by atomic mass is 32.2. The molecule has 1 aromatic carbocycles. The van der Waals surface area contributed by atoms with Crippen molar-refractivity contribution in [1.82, 2.24) is 4.72 Å². The zero-order valence-electron chi connectivity index (χ0n) is 10.1. The Labute approximate surface area is 111 Å². The number of anilines is 1. The van der Waals surface area contributed by atoms with E-state index in [0.29, 0.717) is 0 Å². The topological polar surface area (TPSA) is 99.1 Å². The van der Waals surface area contributed by atoms with Crippen LogP contribution in [0.2, 0.25) is 0 Å². The first-order chi connectivity index (χ1) is 9.03. The molecule has 0 heterocycles. The number of nitrogens with zero attached hydrogens (tertiary/aromatic N) is 1. The largest absolute Gasteiger partial charge is 0.324 e. The van der Waals surface area contributed by atoms with Crippen molar-refractivity contribution >= 4 is 21.6 Å². The lowest BCUT2D eigenvalue weighted by atomic mass is 10.3. The molecule has 1 fully saturated rings. The van der Waals surface area contributed by atoms with Crippen molar-refractivity contribution in [3.8, 4) is 6.07 Å². The van der Waals surface area contributed by atoms with Gasteiger partial charge in [0.1, 0.15) is 11.3 Å². The average Bonchev–Trinajstić information content (AvgIpc) is 3.13. The Balaban J connectivity index is 2.25. The summed E-state index contributed by atoms with van der Waals surface area (Å²) in [5.41, 5.74) is 0.191. The number of carbonyl (C=O) groups is 1. The molecule has 0 saturated heterocycles. The number of sulfonamides is 1. The van der Waals surface area contributed by atoms with E-state index in [9.17, 15) is 13.2 Å². The maximum absolute atomic E-state index is 12.1. The van der Waals surface area contributed by atoms with E-state index in [0.717, 1.165) is 12.8 Å². The summed E-state index contributed by atoms with van der Waals surface area (Å²) in [6.45, 7) is 0. The number of carbonyl (C=O) groups excluding carboxylic acids is 1. The quantitative estimate of drug-likeness (QED) is 0.839. The molecule has 0 radical (unpaired) electrons. The molecule has 1 saturated carbocycles. The number of nitriles is 1. The van der Waals surface area contributed by atoms with Gasteiger partial charge in [-0.15, -0.1) is 0 Å². The van der Waals surface area contributed by atoms with Crippen molar-refractivity contribution < 1.29 is 13.2 Å². The lowest BCUT2D eigenvalue weighted by Gasteiger charge is -2.11. The first kappa shape index (κ1) is 13.5. The highest BCUT2D eigenvalue weighted by molar-refractivity contribution is 7.89. The summed E-state index contributed by atoms with van der Waals surface area (Å²) >= 11 is 0. The fourth-order valence-electron chi connectivity index (χ4n) is 1.55. The van der Waals surface area contributed by atoms with E-state index in [2.05, 4.69) is 10.0 Å². The van der Waals surface area contributed by atoms with Gasteiger partial charge in [0.15, 0.2) is 0 Å². The average molecular weight is 279 g/mol. The van der Waals surface area contributed by atoms with Gasteiger partial charge in [-0.2, -0.15) is 5.26 Å². The van der Waals surface area contributed by atoms with Gasteiger partial charge in [0.05, 0.1) is 11.8 Å². The molecule has 0 unspecified atom stereocenters. The highest BCUT2D eigenvalue weighted by Crippen LogP contribution is 2.25. The number of hydrogen-bond donors (Lipinski definition) is 2. The van der Waals surface area contributed by atoms with Crippen molar-refractivity contribution in [2.75, 3.05) is 5.32 Å². The molecule has 1 aliphatic rings. The van der Waals surface area contributed by atoms with E-state index in [1.54, 1.807) is 18.2 Å². The molecule has 0 spiro atoms. The minimum absolute atomic E-state index is 0.00661. The second-order valence-corrected chi connectivity index (χ2v) is 5.96. The first-order valence-corrected chi connectivity index (χ1v) is 7.29. The van der Waals surface area contributed by atoms with Crippen LogP contribution in [0.15, 0.2) is 29.2 Å². The molecule has 1 aromatic rings. The van der Waals surface area contributed by atoms with Gasteiger partial charge < -0.3 is 5.32 Å². The van der Waals surface area contributed by atoms with E-state index in [-0.39, 0.29) is 23.0 Å². The van der Waals surface area contributed by atoms with Crippen molar-refractivity contribution in [1.29, 1.82) is 5.26 Å². The third kappa shape index (κ3) is 3.53. The molecule has 1 amide bonds. The predicted octanol–water partition coefficient (Wildman–Crippen LogP) is 0.979. The van der Waals surface area contributed by atoms with Gasteiger partial charge in [-0.1, -0.05) is 12.1 Å². The summed E-state index contributed by atoms with van der Waals surface area (Å²) in [7, 11) is -3.64. The standard InChI is InChI=1S/C12H13N3O3S/c13-8-7-12(16)14-10-3-1-2-4-11(10)19(17,18)15-9-5-6-9/h1-4,9,15H,5-7H2,(H,14,16). The predicted molar refractivity (Wildman–Crippen MR) is 68.6 cm³/mol. The third-order valence-electron chi connectivity index (χ3n) is 2.59. The van der Waals surface area contributed by atoms with E-state index >= 15 is 0 Å². The van der Waals surface area contributed by atoms with Crippen molar-refractivity contribution in [3.63, 3.8) is 0 Å². The molecule has 1 aliphatic carbocycles. The summed E-state index contributed by atoms with van der Waals surface area (Å²) in [5, 5.41) is 10.9. The highest BCUT2D eigenvalue weighted by Gasteiger charge is 2.29. The van der Waals surface area contributed by atoms with Crippen LogP contribution >= 0.6 is 0 Å². The fraction of sp³-hybridized carbons (Fsp3) is 0.333. The maximum atomic E-state index is 12.1. The Morgan fingerprint density at radius 1 is 1.37 bits per heavy atom. The molecule has 0 aliphatic heterocycles. The van der Waals surface area contributed by atoms with E-state index in [1.165, 1.54) is 12.1 Å². The third-order valence-corrected chi connectivity index (χ3v) is 4.17. The molecule has 0 atom stereocenters. The van der Waals surface area contributed by atoms with Gasteiger partial charge in [0.25, 0.3) is 0 Å². The van der Waals surface area contributed by atoms with Gasteiger partial charge in [0.2, 0.25) is 15.9 Å². The van der Waals surface area contributed by atoms with Crippen molar-refractivity contribution in [2.45, 2.75) is 30.2 Å². The summed E-state index contributed by atoms with van der Waals surface area (Å²) in [5.74, 6) is -0.531. The summed E-state index contributed by atoms with van der Waals surface area (Å²) in [4.78, 5) is 11.4. The number of para-hydroxylation sites is 1. The van der Waals surface area contributed by atoms with Crippen LogP contribution in [0, 0.1) is 11.3 Å². The van der Waals surface area contributed by atoms with Crippen LogP contribution < -0.4 is 10.0 Å². The van der Waals surface area contributed by atoms with Crippen LogP contribution in [0.25, 0.3) is 0 Å². The number of benzene rings is 1. The van der Waals surface area contributed by atoms with Gasteiger partial charge in [-0.3, -0.25) is 4.79 Å². The van der Waals surface area contributed by atoms with Crippen LogP contribution in [-0.4, -0.2) is 20.4 Å². The molecule has 6 nitrogen and oxygen atoms in total.